The van der Waals surface area contributed by atoms with E-state index in [1.807, 2.05) is 0 Å². The average molecular weight is 201 g/mol. The fourth-order valence-electron chi connectivity index (χ4n) is 1.46. The van der Waals surface area contributed by atoms with Crippen LogP contribution in [0, 0.1) is 0 Å². The maximum absolute atomic E-state index is 11.1. The number of carbonyl (C=O) groups excluding carboxylic acids is 2. The number of imide groups is 1. The summed E-state index contributed by atoms with van der Waals surface area (Å²) in [4.78, 5) is 23.6. The van der Waals surface area contributed by atoms with E-state index in [4.69, 9.17) is 0 Å². The molecule has 0 aromatic heterocycles. The number of amides is 3. The highest BCUT2D eigenvalue weighted by atomic mass is 16.3. The minimum Gasteiger partial charge on any atom is -0.388 e. The van der Waals surface area contributed by atoms with Gasteiger partial charge in [0.1, 0.15) is 0 Å². The maximum Gasteiger partial charge on any atom is 0.321 e. The Morgan fingerprint density at radius 3 is 2.50 bits per heavy atom. The zero-order valence-corrected chi connectivity index (χ0v) is 8.33. The second kappa shape index (κ2) is 3.93. The lowest BCUT2D eigenvalue weighted by atomic mass is 9.97. The van der Waals surface area contributed by atoms with Gasteiger partial charge in [0.2, 0.25) is 5.91 Å². The highest BCUT2D eigenvalue weighted by molar-refractivity contribution is 5.95. The Labute approximate surface area is 82.3 Å². The molecule has 3 N–H and O–H groups in total. The Hall–Kier alpha value is -1.14. The van der Waals surface area contributed by atoms with Crippen molar-refractivity contribution in [3.63, 3.8) is 0 Å². The molecule has 14 heavy (non-hydrogen) atoms. The number of nitrogens with zero attached hydrogens (tertiary/aromatic N) is 1. The Bertz CT molecular complexity index is 244. The number of urea groups is 1. The van der Waals surface area contributed by atoms with E-state index in [1.165, 1.54) is 7.05 Å². The van der Waals surface area contributed by atoms with Crippen LogP contribution in [-0.4, -0.2) is 54.2 Å². The second-order valence-electron chi connectivity index (χ2n) is 3.77. The molecular formula is C8H15N3O3. The first-order chi connectivity index (χ1) is 6.43. The zero-order valence-electron chi connectivity index (χ0n) is 8.33. The molecule has 80 valence electrons. The lowest BCUT2D eigenvalue weighted by molar-refractivity contribution is -0.129. The van der Waals surface area contributed by atoms with Crippen molar-refractivity contribution in [1.29, 1.82) is 0 Å². The highest BCUT2D eigenvalue weighted by Gasteiger charge is 2.37. The van der Waals surface area contributed by atoms with Crippen molar-refractivity contribution in [3.05, 3.63) is 0 Å². The fraction of sp³-hybridized carbons (Fsp3) is 0.750. The first-order valence-corrected chi connectivity index (χ1v) is 4.39. The van der Waals surface area contributed by atoms with E-state index in [2.05, 4.69) is 10.6 Å². The lowest BCUT2D eigenvalue weighted by Gasteiger charge is -2.43. The normalized spacial score (nSPS) is 19.6. The summed E-state index contributed by atoms with van der Waals surface area (Å²) in [6.45, 7) is 2.78. The molecule has 0 unspecified atom stereocenters. The van der Waals surface area contributed by atoms with Gasteiger partial charge in [-0.2, -0.15) is 0 Å². The highest BCUT2D eigenvalue weighted by Crippen LogP contribution is 2.18. The molecule has 1 aliphatic rings. The van der Waals surface area contributed by atoms with Gasteiger partial charge < -0.3 is 10.4 Å². The standard InChI is InChI=1S/C8H15N3O3/c1-8(14)4-11(5-8)3-6(12)10-7(13)9-2/h14H,3-5H2,1-2H3,(H2,9,10,12,13). The van der Waals surface area contributed by atoms with Gasteiger partial charge in [-0.3, -0.25) is 15.0 Å². The fourth-order valence-corrected chi connectivity index (χ4v) is 1.46. The van der Waals surface area contributed by atoms with Crippen LogP contribution < -0.4 is 10.6 Å². The van der Waals surface area contributed by atoms with Gasteiger partial charge in [-0.05, 0) is 6.92 Å². The van der Waals surface area contributed by atoms with Gasteiger partial charge in [-0.25, -0.2) is 4.79 Å². The van der Waals surface area contributed by atoms with Gasteiger partial charge in [0, 0.05) is 20.1 Å². The molecule has 1 aliphatic heterocycles. The first kappa shape index (κ1) is 10.9. The molecule has 0 bridgehead atoms. The van der Waals surface area contributed by atoms with Gasteiger partial charge in [0.15, 0.2) is 0 Å². The number of hydrogen-bond donors (Lipinski definition) is 3. The molecule has 0 aromatic carbocycles. The molecule has 1 saturated heterocycles. The third-order valence-corrected chi connectivity index (χ3v) is 1.98. The van der Waals surface area contributed by atoms with Crippen molar-refractivity contribution in [3.8, 4) is 0 Å². The van der Waals surface area contributed by atoms with Crippen LogP contribution in [0.25, 0.3) is 0 Å². The van der Waals surface area contributed by atoms with Crippen LogP contribution >= 0.6 is 0 Å². The Kier molecular flexibility index (Phi) is 3.07. The smallest absolute Gasteiger partial charge is 0.321 e. The second-order valence-corrected chi connectivity index (χ2v) is 3.77. The van der Waals surface area contributed by atoms with Crippen LogP contribution in [0.3, 0.4) is 0 Å². The van der Waals surface area contributed by atoms with E-state index >= 15 is 0 Å². The van der Waals surface area contributed by atoms with Gasteiger partial charge in [-0.15, -0.1) is 0 Å². The number of likely N-dealkylation sites (tertiary alicyclic amines) is 1. The molecule has 0 aromatic rings. The molecule has 0 aliphatic carbocycles. The largest absolute Gasteiger partial charge is 0.388 e. The monoisotopic (exact) mass is 201 g/mol. The van der Waals surface area contributed by atoms with Crippen LogP contribution in [0.2, 0.25) is 0 Å². The summed E-state index contributed by atoms with van der Waals surface area (Å²) in [5, 5.41) is 13.8. The molecule has 0 atom stereocenters. The van der Waals surface area contributed by atoms with E-state index in [9.17, 15) is 14.7 Å². The van der Waals surface area contributed by atoms with Gasteiger partial charge in [-0.1, -0.05) is 0 Å². The minimum atomic E-state index is -0.687. The summed E-state index contributed by atoms with van der Waals surface area (Å²) in [6, 6.07) is -0.512. The molecule has 6 nitrogen and oxygen atoms in total. The molecule has 1 fully saturated rings. The van der Waals surface area contributed by atoms with Gasteiger partial charge >= 0.3 is 6.03 Å². The van der Waals surface area contributed by atoms with Crippen molar-refractivity contribution in [2.45, 2.75) is 12.5 Å². The Morgan fingerprint density at radius 1 is 1.50 bits per heavy atom. The zero-order chi connectivity index (χ0) is 10.8. The minimum absolute atomic E-state index is 0.142. The molecule has 6 heteroatoms. The average Bonchev–Trinajstić information content (AvgIpc) is 2.00. The first-order valence-electron chi connectivity index (χ1n) is 4.39. The number of rotatable bonds is 2. The predicted molar refractivity (Wildman–Crippen MR) is 49.7 cm³/mol. The van der Waals surface area contributed by atoms with Crippen LogP contribution in [0.1, 0.15) is 6.92 Å². The molecule has 1 heterocycles. The Balaban J connectivity index is 2.20. The molecule has 0 spiro atoms. The van der Waals surface area contributed by atoms with E-state index in [1.54, 1.807) is 11.8 Å². The third kappa shape index (κ3) is 2.97. The number of carbonyl (C=O) groups is 2. The van der Waals surface area contributed by atoms with Crippen molar-refractivity contribution >= 4 is 11.9 Å². The lowest BCUT2D eigenvalue weighted by Crippen LogP contribution is -2.62. The van der Waals surface area contributed by atoms with E-state index < -0.39 is 11.6 Å². The summed E-state index contributed by atoms with van der Waals surface area (Å²) in [7, 11) is 1.44. The molecule has 0 radical (unpaired) electrons. The van der Waals surface area contributed by atoms with E-state index in [0.717, 1.165) is 0 Å². The van der Waals surface area contributed by atoms with Crippen LogP contribution in [0.4, 0.5) is 4.79 Å². The summed E-state index contributed by atoms with van der Waals surface area (Å²) in [6.07, 6.45) is 0. The molecular weight excluding hydrogens is 186 g/mol. The van der Waals surface area contributed by atoms with E-state index in [0.29, 0.717) is 13.1 Å². The summed E-state index contributed by atoms with van der Waals surface area (Å²) in [5.74, 6) is -0.361. The maximum atomic E-state index is 11.1. The van der Waals surface area contributed by atoms with Crippen molar-refractivity contribution in [2.24, 2.45) is 0 Å². The van der Waals surface area contributed by atoms with Crippen LogP contribution in [-0.2, 0) is 4.79 Å². The molecule has 1 rings (SSSR count). The third-order valence-electron chi connectivity index (χ3n) is 1.98. The summed E-state index contributed by atoms with van der Waals surface area (Å²) in [5.41, 5.74) is -0.687. The van der Waals surface area contributed by atoms with Crippen molar-refractivity contribution in [2.75, 3.05) is 26.7 Å². The molecule has 0 saturated carbocycles. The van der Waals surface area contributed by atoms with Crippen molar-refractivity contribution < 1.29 is 14.7 Å². The summed E-state index contributed by atoms with van der Waals surface area (Å²) >= 11 is 0. The van der Waals surface area contributed by atoms with Crippen LogP contribution in [0.15, 0.2) is 0 Å². The SMILES string of the molecule is CNC(=O)NC(=O)CN1CC(C)(O)C1. The van der Waals surface area contributed by atoms with Crippen molar-refractivity contribution in [1.82, 2.24) is 15.5 Å². The summed E-state index contributed by atoms with van der Waals surface area (Å²) < 4.78 is 0. The number of β-amino-alcohol motifs (C(OH)–C–C–N with tert-alkyl or cyclic N) is 1. The number of hydrogen-bond acceptors (Lipinski definition) is 4. The predicted octanol–water partition coefficient (Wildman–Crippen LogP) is -1.49. The topological polar surface area (TPSA) is 81.7 Å². The van der Waals surface area contributed by atoms with Gasteiger partial charge in [0.25, 0.3) is 0 Å². The van der Waals surface area contributed by atoms with Gasteiger partial charge in [0.05, 0.1) is 12.1 Å². The Morgan fingerprint density at radius 2 is 2.07 bits per heavy atom. The van der Waals surface area contributed by atoms with Crippen LogP contribution in [0.5, 0.6) is 0 Å². The number of aliphatic hydroxyl groups is 1. The molecule has 3 amide bonds. The number of nitrogens with one attached hydrogen (secondary N) is 2. The van der Waals surface area contributed by atoms with E-state index in [-0.39, 0.29) is 12.5 Å². The quantitative estimate of drug-likeness (QED) is 0.508.